The van der Waals surface area contributed by atoms with Crippen molar-refractivity contribution >= 4 is 16.7 Å². The van der Waals surface area contributed by atoms with E-state index in [2.05, 4.69) is 9.97 Å². The molecule has 3 aromatic rings. The normalized spacial score (nSPS) is 10.7. The molecular weight excluding hydrogens is 240 g/mol. The van der Waals surface area contributed by atoms with Crippen LogP contribution in [-0.2, 0) is 6.54 Å². The Morgan fingerprint density at radius 1 is 1.11 bits per heavy atom. The Balaban J connectivity index is 2.13. The zero-order valence-corrected chi connectivity index (χ0v) is 10.2. The monoisotopic (exact) mass is 252 g/mol. The van der Waals surface area contributed by atoms with E-state index in [1.54, 1.807) is 12.3 Å². The van der Waals surface area contributed by atoms with Gasteiger partial charge in [0.1, 0.15) is 11.2 Å². The maximum absolute atomic E-state index is 12.4. The van der Waals surface area contributed by atoms with Crippen molar-refractivity contribution in [3.05, 3.63) is 64.8 Å². The number of nitrogen functional groups attached to an aromatic ring is 1. The Morgan fingerprint density at radius 3 is 2.68 bits per heavy atom. The first-order chi connectivity index (χ1) is 9.25. The second-order valence-electron chi connectivity index (χ2n) is 4.25. The lowest BCUT2D eigenvalue weighted by Crippen LogP contribution is -2.22. The molecule has 0 bridgehead atoms. The molecule has 2 aromatic heterocycles. The Morgan fingerprint density at radius 2 is 1.89 bits per heavy atom. The summed E-state index contributed by atoms with van der Waals surface area (Å²) in [6.45, 7) is 0.469. The molecule has 2 N–H and O–H groups in total. The number of fused-ring (bicyclic) bond motifs is 1. The zero-order chi connectivity index (χ0) is 13.2. The van der Waals surface area contributed by atoms with Gasteiger partial charge in [0, 0.05) is 6.20 Å². The molecule has 0 unspecified atom stereocenters. The summed E-state index contributed by atoms with van der Waals surface area (Å²) in [5.41, 5.74) is 7.19. The fourth-order valence-electron chi connectivity index (χ4n) is 2.01. The molecule has 1 aromatic carbocycles. The number of hydrogen-bond acceptors (Lipinski definition) is 4. The van der Waals surface area contributed by atoms with Gasteiger partial charge >= 0.3 is 0 Å². The molecule has 2 heterocycles. The third-order valence-electron chi connectivity index (χ3n) is 2.96. The largest absolute Gasteiger partial charge is 0.383 e. The van der Waals surface area contributed by atoms with Crippen molar-refractivity contribution in [3.63, 3.8) is 0 Å². The molecule has 0 atom stereocenters. The second-order valence-corrected chi connectivity index (χ2v) is 4.25. The second kappa shape index (κ2) is 4.53. The highest BCUT2D eigenvalue weighted by molar-refractivity contribution is 5.86. The van der Waals surface area contributed by atoms with Crippen LogP contribution in [0.25, 0.3) is 10.9 Å². The van der Waals surface area contributed by atoms with Crippen molar-refractivity contribution in [3.8, 4) is 0 Å². The van der Waals surface area contributed by atoms with E-state index in [1.165, 1.54) is 10.9 Å². The van der Waals surface area contributed by atoms with Crippen LogP contribution in [0, 0.1) is 0 Å². The molecule has 0 spiro atoms. The Bertz CT molecular complexity index is 780. The summed E-state index contributed by atoms with van der Waals surface area (Å²) < 4.78 is 1.54. The SMILES string of the molecule is Nc1nccc2ncn(Cc3ccccc3)c(=O)c12. The van der Waals surface area contributed by atoms with Crippen LogP contribution < -0.4 is 11.3 Å². The molecule has 0 aliphatic carbocycles. The van der Waals surface area contributed by atoms with E-state index < -0.39 is 0 Å². The standard InChI is InChI=1S/C14H12N4O/c15-13-12-11(6-7-16-13)17-9-18(14(12)19)8-10-4-2-1-3-5-10/h1-7,9H,8H2,(H2,15,16). The highest BCUT2D eigenvalue weighted by Crippen LogP contribution is 2.11. The van der Waals surface area contributed by atoms with Crippen LogP contribution in [0.3, 0.4) is 0 Å². The van der Waals surface area contributed by atoms with Crippen LogP contribution in [0.1, 0.15) is 5.56 Å². The zero-order valence-electron chi connectivity index (χ0n) is 10.2. The molecule has 5 nitrogen and oxygen atoms in total. The number of pyridine rings is 1. The number of nitrogens with zero attached hydrogens (tertiary/aromatic N) is 3. The first kappa shape index (κ1) is 11.4. The van der Waals surface area contributed by atoms with Gasteiger partial charge in [-0.3, -0.25) is 9.36 Å². The Hall–Kier alpha value is -2.69. The van der Waals surface area contributed by atoms with Crippen molar-refractivity contribution in [2.45, 2.75) is 6.54 Å². The average molecular weight is 252 g/mol. The molecule has 5 heteroatoms. The van der Waals surface area contributed by atoms with E-state index in [9.17, 15) is 4.79 Å². The van der Waals surface area contributed by atoms with Gasteiger partial charge in [0.05, 0.1) is 18.4 Å². The molecule has 0 fully saturated rings. The van der Waals surface area contributed by atoms with Gasteiger partial charge < -0.3 is 5.73 Å². The summed E-state index contributed by atoms with van der Waals surface area (Å²) in [6.07, 6.45) is 3.09. The van der Waals surface area contributed by atoms with Gasteiger partial charge in [0.25, 0.3) is 5.56 Å². The third-order valence-corrected chi connectivity index (χ3v) is 2.96. The molecule has 0 aliphatic rings. The molecule has 0 amide bonds. The Kier molecular flexibility index (Phi) is 2.72. The van der Waals surface area contributed by atoms with Crippen LogP contribution in [0.2, 0.25) is 0 Å². The number of nitrogens with two attached hydrogens (primary N) is 1. The highest BCUT2D eigenvalue weighted by Gasteiger charge is 2.08. The fourth-order valence-corrected chi connectivity index (χ4v) is 2.01. The van der Waals surface area contributed by atoms with Crippen LogP contribution in [0.5, 0.6) is 0 Å². The number of rotatable bonds is 2. The molecule has 94 valence electrons. The van der Waals surface area contributed by atoms with Gasteiger partial charge in [0.15, 0.2) is 0 Å². The molecular formula is C14H12N4O. The Labute approximate surface area is 109 Å². The molecule has 3 rings (SSSR count). The first-order valence-electron chi connectivity index (χ1n) is 5.89. The van der Waals surface area contributed by atoms with Crippen molar-refractivity contribution in [2.75, 3.05) is 5.73 Å². The minimum absolute atomic E-state index is 0.167. The van der Waals surface area contributed by atoms with Crippen molar-refractivity contribution in [1.29, 1.82) is 0 Å². The predicted octanol–water partition coefficient (Wildman–Crippen LogP) is 1.42. The lowest BCUT2D eigenvalue weighted by Gasteiger charge is -2.07. The minimum atomic E-state index is -0.167. The fraction of sp³-hybridized carbons (Fsp3) is 0.0714. The van der Waals surface area contributed by atoms with Crippen LogP contribution in [0.15, 0.2) is 53.7 Å². The van der Waals surface area contributed by atoms with Crippen molar-refractivity contribution in [2.24, 2.45) is 0 Å². The number of aromatic nitrogens is 3. The van der Waals surface area contributed by atoms with E-state index in [-0.39, 0.29) is 11.4 Å². The van der Waals surface area contributed by atoms with E-state index in [0.29, 0.717) is 17.4 Å². The lowest BCUT2D eigenvalue weighted by atomic mass is 10.2. The third kappa shape index (κ3) is 2.06. The number of benzene rings is 1. The maximum atomic E-state index is 12.4. The van der Waals surface area contributed by atoms with E-state index in [4.69, 9.17) is 5.73 Å². The number of hydrogen-bond donors (Lipinski definition) is 1. The predicted molar refractivity (Wildman–Crippen MR) is 73.8 cm³/mol. The number of anilines is 1. The minimum Gasteiger partial charge on any atom is -0.383 e. The van der Waals surface area contributed by atoms with Gasteiger partial charge in [-0.15, -0.1) is 0 Å². The lowest BCUT2D eigenvalue weighted by molar-refractivity contribution is 0.748. The average Bonchev–Trinajstić information content (AvgIpc) is 2.43. The van der Waals surface area contributed by atoms with Crippen LogP contribution in [0.4, 0.5) is 5.82 Å². The summed E-state index contributed by atoms with van der Waals surface area (Å²) >= 11 is 0. The van der Waals surface area contributed by atoms with Gasteiger partial charge in [-0.05, 0) is 11.6 Å². The molecule has 0 saturated carbocycles. The summed E-state index contributed by atoms with van der Waals surface area (Å²) in [7, 11) is 0. The maximum Gasteiger partial charge on any atom is 0.265 e. The van der Waals surface area contributed by atoms with Gasteiger partial charge in [-0.25, -0.2) is 9.97 Å². The summed E-state index contributed by atoms with van der Waals surface area (Å²) in [5.74, 6) is 0.220. The highest BCUT2D eigenvalue weighted by atomic mass is 16.1. The molecule has 0 saturated heterocycles. The van der Waals surface area contributed by atoms with Crippen molar-refractivity contribution in [1.82, 2.24) is 14.5 Å². The quantitative estimate of drug-likeness (QED) is 0.748. The van der Waals surface area contributed by atoms with E-state index >= 15 is 0 Å². The topological polar surface area (TPSA) is 73.8 Å². The van der Waals surface area contributed by atoms with Gasteiger partial charge in [-0.2, -0.15) is 0 Å². The summed E-state index contributed by atoms with van der Waals surface area (Å²) in [4.78, 5) is 20.5. The summed E-state index contributed by atoms with van der Waals surface area (Å²) in [5, 5.41) is 0.376. The van der Waals surface area contributed by atoms with Crippen LogP contribution >= 0.6 is 0 Å². The molecule has 19 heavy (non-hydrogen) atoms. The van der Waals surface area contributed by atoms with Crippen LogP contribution in [-0.4, -0.2) is 14.5 Å². The van der Waals surface area contributed by atoms with Gasteiger partial charge in [-0.1, -0.05) is 30.3 Å². The smallest absolute Gasteiger partial charge is 0.265 e. The summed E-state index contributed by atoms with van der Waals surface area (Å²) in [6, 6.07) is 11.4. The van der Waals surface area contributed by atoms with Gasteiger partial charge in [0.2, 0.25) is 0 Å². The molecule has 0 aliphatic heterocycles. The van der Waals surface area contributed by atoms with Crippen molar-refractivity contribution < 1.29 is 0 Å². The van der Waals surface area contributed by atoms with E-state index in [0.717, 1.165) is 5.56 Å². The molecule has 0 radical (unpaired) electrons. The first-order valence-corrected chi connectivity index (χ1v) is 5.89. The van der Waals surface area contributed by atoms with E-state index in [1.807, 2.05) is 30.3 Å².